The van der Waals surface area contributed by atoms with E-state index in [1.54, 1.807) is 0 Å². The molecule has 0 amide bonds. The lowest BCUT2D eigenvalue weighted by Crippen LogP contribution is -2.35. The Labute approximate surface area is 104 Å². The maximum Gasteiger partial charge on any atom is 0.0474 e. The third-order valence-electron chi connectivity index (χ3n) is 3.16. The molecule has 1 fully saturated rings. The molecule has 0 aliphatic carbocycles. The molecule has 0 aromatic heterocycles. The molecule has 0 saturated carbocycles. The molecule has 1 nitrogen and oxygen atoms in total. The molecule has 15 heavy (non-hydrogen) atoms. The SMILES string of the molecule is Clc1ccc(C2(CBr)CCOCC2)cc1. The molecular weight excluding hydrogens is 275 g/mol. The van der Waals surface area contributed by atoms with Crippen LogP contribution in [-0.2, 0) is 10.2 Å². The second-order valence-electron chi connectivity index (χ2n) is 4.03. The van der Waals surface area contributed by atoms with Crippen molar-refractivity contribution in [1.82, 2.24) is 0 Å². The van der Waals surface area contributed by atoms with Crippen molar-refractivity contribution in [2.45, 2.75) is 18.3 Å². The van der Waals surface area contributed by atoms with Crippen molar-refractivity contribution in [3.63, 3.8) is 0 Å². The number of hydrogen-bond donors (Lipinski definition) is 0. The summed E-state index contributed by atoms with van der Waals surface area (Å²) in [4.78, 5) is 0. The Balaban J connectivity index is 2.28. The minimum Gasteiger partial charge on any atom is -0.381 e. The molecule has 1 saturated heterocycles. The zero-order valence-corrected chi connectivity index (χ0v) is 10.9. The van der Waals surface area contributed by atoms with Crippen molar-refractivity contribution in [3.8, 4) is 0 Å². The molecule has 1 aliphatic heterocycles. The summed E-state index contributed by atoms with van der Waals surface area (Å²) in [7, 11) is 0. The highest BCUT2D eigenvalue weighted by molar-refractivity contribution is 9.09. The quantitative estimate of drug-likeness (QED) is 0.753. The summed E-state index contributed by atoms with van der Waals surface area (Å²) in [6.07, 6.45) is 2.17. The van der Waals surface area contributed by atoms with Gasteiger partial charge in [-0.05, 0) is 30.5 Å². The molecule has 0 bridgehead atoms. The first-order chi connectivity index (χ1) is 7.27. The van der Waals surface area contributed by atoms with Crippen LogP contribution in [0.4, 0.5) is 0 Å². The standard InChI is InChI=1S/C12H14BrClO/c13-9-12(5-7-15-8-6-12)10-1-3-11(14)4-2-10/h1-4H,5-9H2. The Kier molecular flexibility index (Phi) is 3.70. The van der Waals surface area contributed by atoms with Gasteiger partial charge in [0.05, 0.1) is 0 Å². The summed E-state index contributed by atoms with van der Waals surface area (Å²) in [5.41, 5.74) is 1.61. The highest BCUT2D eigenvalue weighted by Crippen LogP contribution is 2.36. The van der Waals surface area contributed by atoms with Crippen molar-refractivity contribution in [1.29, 1.82) is 0 Å². The van der Waals surface area contributed by atoms with Crippen molar-refractivity contribution in [3.05, 3.63) is 34.9 Å². The molecule has 1 aromatic rings. The molecule has 2 rings (SSSR count). The van der Waals surface area contributed by atoms with Gasteiger partial charge in [-0.25, -0.2) is 0 Å². The van der Waals surface area contributed by atoms with Crippen LogP contribution in [0.15, 0.2) is 24.3 Å². The van der Waals surface area contributed by atoms with Crippen LogP contribution in [0.25, 0.3) is 0 Å². The minimum atomic E-state index is 0.239. The third-order valence-corrected chi connectivity index (χ3v) is 4.49. The molecule has 1 heterocycles. The summed E-state index contributed by atoms with van der Waals surface area (Å²) >= 11 is 9.54. The van der Waals surface area contributed by atoms with E-state index in [2.05, 4.69) is 28.1 Å². The Morgan fingerprint density at radius 2 is 1.80 bits per heavy atom. The fourth-order valence-corrected chi connectivity index (χ4v) is 3.08. The second-order valence-corrected chi connectivity index (χ2v) is 5.03. The third kappa shape index (κ3) is 2.38. The number of benzene rings is 1. The molecule has 0 N–H and O–H groups in total. The number of alkyl halides is 1. The van der Waals surface area contributed by atoms with E-state index < -0.39 is 0 Å². The van der Waals surface area contributed by atoms with Gasteiger partial charge in [0.25, 0.3) is 0 Å². The Morgan fingerprint density at radius 3 is 2.33 bits per heavy atom. The highest BCUT2D eigenvalue weighted by Gasteiger charge is 2.33. The van der Waals surface area contributed by atoms with Crippen molar-refractivity contribution in [2.75, 3.05) is 18.5 Å². The maximum absolute atomic E-state index is 5.90. The first kappa shape index (κ1) is 11.4. The van der Waals surface area contributed by atoms with Crippen LogP contribution in [0.1, 0.15) is 18.4 Å². The van der Waals surface area contributed by atoms with Gasteiger partial charge in [-0.3, -0.25) is 0 Å². The van der Waals surface area contributed by atoms with E-state index in [9.17, 15) is 0 Å². The van der Waals surface area contributed by atoms with Crippen LogP contribution in [0, 0.1) is 0 Å². The molecular formula is C12H14BrClO. The topological polar surface area (TPSA) is 9.23 Å². The predicted octanol–water partition coefficient (Wildman–Crippen LogP) is 3.78. The first-order valence-electron chi connectivity index (χ1n) is 5.17. The van der Waals surface area contributed by atoms with E-state index >= 15 is 0 Å². The van der Waals surface area contributed by atoms with Crippen molar-refractivity contribution in [2.24, 2.45) is 0 Å². The van der Waals surface area contributed by atoms with Gasteiger partial charge in [0.1, 0.15) is 0 Å². The van der Waals surface area contributed by atoms with Crippen LogP contribution in [0.3, 0.4) is 0 Å². The lowest BCUT2D eigenvalue weighted by molar-refractivity contribution is 0.0584. The van der Waals surface area contributed by atoms with Gasteiger partial charge in [-0.15, -0.1) is 0 Å². The van der Waals surface area contributed by atoms with Gasteiger partial charge in [0.15, 0.2) is 0 Å². The van der Waals surface area contributed by atoms with Gasteiger partial charge in [-0.2, -0.15) is 0 Å². The number of hydrogen-bond acceptors (Lipinski definition) is 1. The monoisotopic (exact) mass is 288 g/mol. The predicted molar refractivity (Wildman–Crippen MR) is 67.0 cm³/mol. The highest BCUT2D eigenvalue weighted by atomic mass is 79.9. The van der Waals surface area contributed by atoms with E-state index in [-0.39, 0.29) is 5.41 Å². The van der Waals surface area contributed by atoms with Crippen molar-refractivity contribution >= 4 is 27.5 Å². The Hall–Kier alpha value is -0.0500. The number of rotatable bonds is 2. The lowest BCUT2D eigenvalue weighted by atomic mass is 9.76. The van der Waals surface area contributed by atoms with Crippen LogP contribution in [0.5, 0.6) is 0 Å². The van der Waals surface area contributed by atoms with Crippen LogP contribution < -0.4 is 0 Å². The van der Waals surface area contributed by atoms with Gasteiger partial charge in [-0.1, -0.05) is 39.7 Å². The fraction of sp³-hybridized carbons (Fsp3) is 0.500. The fourth-order valence-electron chi connectivity index (χ4n) is 2.07. The zero-order valence-electron chi connectivity index (χ0n) is 8.51. The van der Waals surface area contributed by atoms with E-state index in [0.29, 0.717) is 0 Å². The molecule has 0 atom stereocenters. The summed E-state index contributed by atoms with van der Waals surface area (Å²) in [5.74, 6) is 0. The second kappa shape index (κ2) is 4.86. The van der Waals surface area contributed by atoms with Gasteiger partial charge in [0, 0.05) is 29.0 Å². The number of ether oxygens (including phenoxy) is 1. The van der Waals surface area contributed by atoms with Crippen LogP contribution >= 0.6 is 27.5 Å². The summed E-state index contributed by atoms with van der Waals surface area (Å²) in [6, 6.07) is 8.21. The Bertz CT molecular complexity index is 317. The summed E-state index contributed by atoms with van der Waals surface area (Å²) < 4.78 is 5.42. The maximum atomic E-state index is 5.90. The number of halogens is 2. The summed E-state index contributed by atoms with van der Waals surface area (Å²) in [6.45, 7) is 1.71. The van der Waals surface area contributed by atoms with Gasteiger partial charge in [0.2, 0.25) is 0 Å². The van der Waals surface area contributed by atoms with E-state index in [0.717, 1.165) is 36.4 Å². The molecule has 0 spiro atoms. The van der Waals surface area contributed by atoms with E-state index in [4.69, 9.17) is 16.3 Å². The molecule has 0 unspecified atom stereocenters. The van der Waals surface area contributed by atoms with Gasteiger partial charge >= 0.3 is 0 Å². The largest absolute Gasteiger partial charge is 0.381 e. The van der Waals surface area contributed by atoms with Crippen LogP contribution in [-0.4, -0.2) is 18.5 Å². The average molecular weight is 290 g/mol. The minimum absolute atomic E-state index is 0.239. The van der Waals surface area contributed by atoms with E-state index in [1.165, 1.54) is 5.56 Å². The summed E-state index contributed by atoms with van der Waals surface area (Å²) in [5, 5.41) is 1.79. The smallest absolute Gasteiger partial charge is 0.0474 e. The molecule has 1 aromatic carbocycles. The molecule has 82 valence electrons. The Morgan fingerprint density at radius 1 is 1.20 bits per heavy atom. The van der Waals surface area contributed by atoms with E-state index in [1.807, 2.05) is 12.1 Å². The molecule has 0 radical (unpaired) electrons. The molecule has 1 aliphatic rings. The lowest BCUT2D eigenvalue weighted by Gasteiger charge is -2.36. The van der Waals surface area contributed by atoms with Crippen molar-refractivity contribution < 1.29 is 4.74 Å². The van der Waals surface area contributed by atoms with Gasteiger partial charge < -0.3 is 4.74 Å². The normalized spacial score (nSPS) is 20.1. The average Bonchev–Trinajstić information content (AvgIpc) is 2.31. The zero-order chi connectivity index (χ0) is 10.7. The van der Waals surface area contributed by atoms with Crippen LogP contribution in [0.2, 0.25) is 5.02 Å². The molecule has 3 heteroatoms. The first-order valence-corrected chi connectivity index (χ1v) is 6.67.